The summed E-state index contributed by atoms with van der Waals surface area (Å²) in [6.45, 7) is 3.47. The van der Waals surface area contributed by atoms with Crippen molar-refractivity contribution in [3.8, 4) is 5.75 Å². The van der Waals surface area contributed by atoms with Crippen LogP contribution in [0.1, 0.15) is 26.3 Å². The van der Waals surface area contributed by atoms with E-state index in [0.717, 1.165) is 0 Å². The van der Waals surface area contributed by atoms with E-state index >= 15 is 0 Å². The van der Waals surface area contributed by atoms with E-state index in [9.17, 15) is 14.4 Å². The van der Waals surface area contributed by atoms with Crippen molar-refractivity contribution in [1.29, 1.82) is 0 Å². The molecule has 0 spiro atoms. The average Bonchev–Trinajstić information content (AvgIpc) is 2.71. The summed E-state index contributed by atoms with van der Waals surface area (Å²) in [4.78, 5) is 38.5. The van der Waals surface area contributed by atoms with Gasteiger partial charge in [-0.2, -0.15) is 0 Å². The molecule has 7 nitrogen and oxygen atoms in total. The van der Waals surface area contributed by atoms with E-state index in [4.69, 9.17) is 16.3 Å². The fourth-order valence-corrected chi connectivity index (χ4v) is 3.41. The molecule has 0 fully saturated rings. The van der Waals surface area contributed by atoms with E-state index in [2.05, 4.69) is 5.32 Å². The zero-order chi connectivity index (χ0) is 21.1. The third-order valence-electron chi connectivity index (χ3n) is 4.85. The number of halogens is 1. The number of fused-ring (bicyclic) bond motifs is 1. The highest BCUT2D eigenvalue weighted by Crippen LogP contribution is 2.27. The Balaban J connectivity index is 2.01. The second-order valence-corrected chi connectivity index (χ2v) is 7.12. The highest BCUT2D eigenvalue weighted by atomic mass is 35.5. The molecule has 29 heavy (non-hydrogen) atoms. The molecule has 1 aromatic heterocycles. The normalized spacial score (nSPS) is 12.0. The molecular formula is C21H22ClN3O4. The molecule has 3 aromatic rings. The Labute approximate surface area is 172 Å². The molecule has 0 saturated carbocycles. The Morgan fingerprint density at radius 2 is 1.93 bits per heavy atom. The molecule has 1 N–H and O–H groups in total. The molecule has 0 aliphatic heterocycles. The number of amides is 1. The minimum atomic E-state index is -0.508. The molecular weight excluding hydrogens is 394 g/mol. The zero-order valence-corrected chi connectivity index (χ0v) is 17.2. The maximum absolute atomic E-state index is 13.0. The van der Waals surface area contributed by atoms with Gasteiger partial charge >= 0.3 is 5.69 Å². The molecule has 152 valence electrons. The first-order chi connectivity index (χ1) is 13.9. The van der Waals surface area contributed by atoms with Crippen LogP contribution >= 0.6 is 11.6 Å². The summed E-state index contributed by atoms with van der Waals surface area (Å²) >= 11 is 6.10. The monoisotopic (exact) mass is 415 g/mol. The topological polar surface area (TPSA) is 82.3 Å². The van der Waals surface area contributed by atoms with Gasteiger partial charge < -0.3 is 10.1 Å². The Morgan fingerprint density at radius 1 is 1.21 bits per heavy atom. The van der Waals surface area contributed by atoms with Crippen LogP contribution in [0.25, 0.3) is 10.9 Å². The summed E-state index contributed by atoms with van der Waals surface area (Å²) in [5.41, 5.74) is 0.0443. The highest BCUT2D eigenvalue weighted by molar-refractivity contribution is 6.32. The summed E-state index contributed by atoms with van der Waals surface area (Å²) < 4.78 is 7.63. The predicted octanol–water partition coefficient (Wildman–Crippen LogP) is 3.43. The smallest absolute Gasteiger partial charge is 0.332 e. The third-order valence-corrected chi connectivity index (χ3v) is 5.15. The van der Waals surface area contributed by atoms with Crippen LogP contribution in [0.5, 0.6) is 5.75 Å². The molecule has 0 aliphatic carbocycles. The highest BCUT2D eigenvalue weighted by Gasteiger charge is 2.18. The standard InChI is InChI=1S/C21H22ClN3O4/c1-4-13(2)25-20(27)15-7-5-6-8-17(15)24(21(25)28)12-19(26)23-14-9-10-18(29-3)16(22)11-14/h5-11,13H,4,12H2,1-3H3,(H,23,26)/t13-/m0/s1. The van der Waals surface area contributed by atoms with Gasteiger partial charge in [-0.25, -0.2) is 4.79 Å². The van der Waals surface area contributed by atoms with Gasteiger partial charge in [-0.1, -0.05) is 30.7 Å². The van der Waals surface area contributed by atoms with Crippen molar-refractivity contribution < 1.29 is 9.53 Å². The molecule has 2 aromatic carbocycles. The van der Waals surface area contributed by atoms with Gasteiger partial charge in [0.15, 0.2) is 0 Å². The fraction of sp³-hybridized carbons (Fsp3) is 0.286. The number of rotatable bonds is 6. The van der Waals surface area contributed by atoms with Gasteiger partial charge in [0.2, 0.25) is 5.91 Å². The first-order valence-electron chi connectivity index (χ1n) is 9.24. The first kappa shape index (κ1) is 20.7. The van der Waals surface area contributed by atoms with Crippen LogP contribution in [-0.4, -0.2) is 22.2 Å². The van der Waals surface area contributed by atoms with Crippen molar-refractivity contribution in [2.24, 2.45) is 0 Å². The van der Waals surface area contributed by atoms with Crippen molar-refractivity contribution in [1.82, 2.24) is 9.13 Å². The number of hydrogen-bond acceptors (Lipinski definition) is 4. The number of methoxy groups -OCH3 is 1. The van der Waals surface area contributed by atoms with Crippen LogP contribution in [0.2, 0.25) is 5.02 Å². The Kier molecular flexibility index (Phi) is 6.08. The number of hydrogen-bond donors (Lipinski definition) is 1. The molecule has 0 radical (unpaired) electrons. The quantitative estimate of drug-likeness (QED) is 0.668. The van der Waals surface area contributed by atoms with E-state index in [-0.39, 0.29) is 18.1 Å². The Hall–Kier alpha value is -3.06. The van der Waals surface area contributed by atoms with Crippen molar-refractivity contribution in [2.75, 3.05) is 12.4 Å². The number of nitrogens with zero attached hydrogens (tertiary/aromatic N) is 2. The average molecular weight is 416 g/mol. The second-order valence-electron chi connectivity index (χ2n) is 6.72. The van der Waals surface area contributed by atoms with Crippen LogP contribution in [0.4, 0.5) is 5.69 Å². The lowest BCUT2D eigenvalue weighted by atomic mass is 10.2. The summed E-state index contributed by atoms with van der Waals surface area (Å²) in [5, 5.41) is 3.48. The lowest BCUT2D eigenvalue weighted by Crippen LogP contribution is -2.43. The number of carbonyl (C=O) groups is 1. The van der Waals surface area contributed by atoms with Crippen LogP contribution in [0, 0.1) is 0 Å². The van der Waals surface area contributed by atoms with E-state index in [1.54, 1.807) is 49.4 Å². The zero-order valence-electron chi connectivity index (χ0n) is 16.4. The largest absolute Gasteiger partial charge is 0.495 e. The van der Waals surface area contributed by atoms with Gasteiger partial charge in [0.05, 0.1) is 23.0 Å². The summed E-state index contributed by atoms with van der Waals surface area (Å²) in [7, 11) is 1.50. The lowest BCUT2D eigenvalue weighted by molar-refractivity contribution is -0.116. The number of nitrogens with one attached hydrogen (secondary N) is 1. The molecule has 8 heteroatoms. The SMILES string of the molecule is CC[C@H](C)n1c(=O)c2ccccc2n(CC(=O)Nc2ccc(OC)c(Cl)c2)c1=O. The number of anilines is 1. The van der Waals surface area contributed by atoms with Crippen LogP contribution in [0.3, 0.4) is 0 Å². The summed E-state index contributed by atoms with van der Waals surface area (Å²) in [6.07, 6.45) is 0.615. The maximum Gasteiger partial charge on any atom is 0.332 e. The molecule has 0 bridgehead atoms. The minimum Gasteiger partial charge on any atom is -0.495 e. The van der Waals surface area contributed by atoms with E-state index in [1.807, 2.05) is 6.92 Å². The lowest BCUT2D eigenvalue weighted by Gasteiger charge is -2.17. The molecule has 0 unspecified atom stereocenters. The van der Waals surface area contributed by atoms with Crippen molar-refractivity contribution in [3.63, 3.8) is 0 Å². The number of benzene rings is 2. The number of ether oxygens (including phenoxy) is 1. The van der Waals surface area contributed by atoms with Crippen molar-refractivity contribution in [2.45, 2.75) is 32.9 Å². The van der Waals surface area contributed by atoms with Gasteiger partial charge in [-0.3, -0.25) is 18.7 Å². The minimum absolute atomic E-state index is 0.236. The Morgan fingerprint density at radius 3 is 2.59 bits per heavy atom. The van der Waals surface area contributed by atoms with Crippen LogP contribution in [-0.2, 0) is 11.3 Å². The fourth-order valence-electron chi connectivity index (χ4n) is 3.15. The van der Waals surface area contributed by atoms with Crippen molar-refractivity contribution in [3.05, 3.63) is 68.3 Å². The molecule has 3 rings (SSSR count). The maximum atomic E-state index is 13.0. The number of para-hydroxylation sites is 1. The van der Waals surface area contributed by atoms with Crippen LogP contribution < -0.4 is 21.3 Å². The number of aromatic nitrogens is 2. The Bertz CT molecular complexity index is 1180. The molecule has 0 saturated heterocycles. The summed E-state index contributed by atoms with van der Waals surface area (Å²) in [6, 6.07) is 11.4. The van der Waals surface area contributed by atoms with Crippen LogP contribution in [0.15, 0.2) is 52.1 Å². The van der Waals surface area contributed by atoms with Gasteiger partial charge in [0, 0.05) is 11.7 Å². The van der Waals surface area contributed by atoms with Gasteiger partial charge in [-0.15, -0.1) is 0 Å². The number of carbonyl (C=O) groups excluding carboxylic acids is 1. The van der Waals surface area contributed by atoms with E-state index < -0.39 is 11.6 Å². The predicted molar refractivity (Wildman–Crippen MR) is 114 cm³/mol. The van der Waals surface area contributed by atoms with Gasteiger partial charge in [0.25, 0.3) is 5.56 Å². The molecule has 1 heterocycles. The molecule has 1 amide bonds. The van der Waals surface area contributed by atoms with E-state index in [1.165, 1.54) is 16.2 Å². The summed E-state index contributed by atoms with van der Waals surface area (Å²) in [5.74, 6) is 0.0837. The first-order valence-corrected chi connectivity index (χ1v) is 9.62. The molecule has 1 atom stereocenters. The van der Waals surface area contributed by atoms with Gasteiger partial charge in [-0.05, 0) is 43.7 Å². The van der Waals surface area contributed by atoms with E-state index in [0.29, 0.717) is 33.8 Å². The third kappa shape index (κ3) is 4.05. The second kappa shape index (κ2) is 8.53. The van der Waals surface area contributed by atoms with Crippen molar-refractivity contribution >= 4 is 34.1 Å². The van der Waals surface area contributed by atoms with Gasteiger partial charge in [0.1, 0.15) is 12.3 Å². The molecule has 0 aliphatic rings.